The highest BCUT2D eigenvalue weighted by Gasteiger charge is 2.06. The average molecular weight is 257 g/mol. The molecule has 0 aliphatic rings. The first kappa shape index (κ1) is 10.7. The van der Waals surface area contributed by atoms with Crippen molar-refractivity contribution in [1.82, 2.24) is 0 Å². The molecule has 0 radical (unpaired) electrons. The van der Waals surface area contributed by atoms with Crippen molar-refractivity contribution in [2.45, 2.75) is 0 Å². The van der Waals surface area contributed by atoms with Crippen LogP contribution in [0.1, 0.15) is 0 Å². The Balaban J connectivity index is 2.59. The van der Waals surface area contributed by atoms with Gasteiger partial charge in [0.15, 0.2) is 0 Å². The van der Waals surface area contributed by atoms with Crippen molar-refractivity contribution in [1.29, 1.82) is 0 Å². The topological polar surface area (TPSA) is 50.7 Å². The molecule has 0 saturated heterocycles. The lowest BCUT2D eigenvalue weighted by molar-refractivity contribution is -0.132. The number of hydrazone groups is 1. The number of para-hydroxylation sites is 1. The highest BCUT2D eigenvalue weighted by Crippen LogP contribution is 2.05. The number of halogens is 1. The smallest absolute Gasteiger partial charge is 0.365 e. The Labute approximate surface area is 90.1 Å². The maximum Gasteiger partial charge on any atom is 0.365 e. The number of carbonyl (C=O) groups is 1. The van der Waals surface area contributed by atoms with E-state index in [4.69, 9.17) is 0 Å². The summed E-state index contributed by atoms with van der Waals surface area (Å²) in [4.78, 5) is 10.9. The first-order valence-electron chi connectivity index (χ1n) is 3.86. The van der Waals surface area contributed by atoms with Gasteiger partial charge in [0.05, 0.1) is 12.8 Å². The molecule has 0 atom stereocenters. The molecule has 0 heterocycles. The molecular formula is C9H9BrN2O2. The maximum atomic E-state index is 10.9. The van der Waals surface area contributed by atoms with E-state index in [-0.39, 0.29) is 4.62 Å². The van der Waals surface area contributed by atoms with Crippen LogP contribution in [-0.2, 0) is 9.53 Å². The van der Waals surface area contributed by atoms with Crippen molar-refractivity contribution in [2.24, 2.45) is 5.10 Å². The first-order chi connectivity index (χ1) is 6.74. The number of carbonyl (C=O) groups excluding carboxylic acids is 1. The fraction of sp³-hybridized carbons (Fsp3) is 0.111. The second-order valence-electron chi connectivity index (χ2n) is 2.37. The first-order valence-corrected chi connectivity index (χ1v) is 4.66. The van der Waals surface area contributed by atoms with Gasteiger partial charge in [0.1, 0.15) is 0 Å². The highest BCUT2D eigenvalue weighted by molar-refractivity contribution is 9.19. The lowest BCUT2D eigenvalue weighted by Crippen LogP contribution is -2.10. The van der Waals surface area contributed by atoms with E-state index in [1.54, 1.807) is 0 Å². The number of methoxy groups -OCH3 is 1. The summed E-state index contributed by atoms with van der Waals surface area (Å²) in [5, 5.41) is 3.77. The molecule has 0 bridgehead atoms. The van der Waals surface area contributed by atoms with Gasteiger partial charge in [-0.05, 0) is 28.1 Å². The highest BCUT2D eigenvalue weighted by atomic mass is 79.9. The number of hydrogen-bond donors (Lipinski definition) is 1. The predicted molar refractivity (Wildman–Crippen MR) is 58.4 cm³/mol. The number of nitrogens with one attached hydrogen (secondary N) is 1. The third-order valence-corrected chi connectivity index (χ3v) is 1.91. The van der Waals surface area contributed by atoms with Crippen LogP contribution in [0.2, 0.25) is 0 Å². The Morgan fingerprint density at radius 1 is 1.43 bits per heavy atom. The largest absolute Gasteiger partial charge is 0.464 e. The zero-order valence-electron chi connectivity index (χ0n) is 7.53. The molecule has 1 aromatic rings. The summed E-state index contributed by atoms with van der Waals surface area (Å²) in [5.74, 6) is -0.520. The Bertz CT molecular complexity index is 338. The zero-order chi connectivity index (χ0) is 10.4. The minimum absolute atomic E-state index is 0.101. The molecule has 14 heavy (non-hydrogen) atoms. The number of rotatable bonds is 3. The Kier molecular flexibility index (Phi) is 4.12. The van der Waals surface area contributed by atoms with Crippen LogP contribution in [0.25, 0.3) is 0 Å². The third kappa shape index (κ3) is 3.18. The van der Waals surface area contributed by atoms with Gasteiger partial charge < -0.3 is 4.74 Å². The van der Waals surface area contributed by atoms with Crippen molar-refractivity contribution < 1.29 is 9.53 Å². The minimum atomic E-state index is -0.520. The monoisotopic (exact) mass is 256 g/mol. The molecule has 1 aromatic carbocycles. The van der Waals surface area contributed by atoms with Crippen LogP contribution in [0, 0.1) is 0 Å². The lowest BCUT2D eigenvalue weighted by Gasteiger charge is -1.99. The molecule has 0 aliphatic heterocycles. The number of nitrogens with zero attached hydrogens (tertiary/aromatic N) is 1. The van der Waals surface area contributed by atoms with E-state index >= 15 is 0 Å². The molecule has 0 unspecified atom stereocenters. The van der Waals surface area contributed by atoms with Crippen LogP contribution in [0.5, 0.6) is 0 Å². The quantitative estimate of drug-likeness (QED) is 0.511. The summed E-state index contributed by atoms with van der Waals surface area (Å²) in [6.45, 7) is 0. The molecule has 74 valence electrons. The van der Waals surface area contributed by atoms with Crippen molar-refractivity contribution in [3.63, 3.8) is 0 Å². The van der Waals surface area contributed by atoms with Crippen molar-refractivity contribution in [3.05, 3.63) is 30.3 Å². The predicted octanol–water partition coefficient (Wildman–Crippen LogP) is 1.98. The van der Waals surface area contributed by atoms with E-state index in [9.17, 15) is 4.79 Å². The second-order valence-corrected chi connectivity index (χ2v) is 3.12. The van der Waals surface area contributed by atoms with Crippen LogP contribution in [-0.4, -0.2) is 17.7 Å². The standard InChI is InChI=1S/C9H9BrN2O2/c1-14-9(13)8(10)12-11-7-5-3-2-4-6-7/h2-6,11H,1H3/b12-8-. The molecule has 0 fully saturated rings. The van der Waals surface area contributed by atoms with Crippen molar-refractivity contribution in [3.8, 4) is 0 Å². The minimum Gasteiger partial charge on any atom is -0.464 e. The summed E-state index contributed by atoms with van der Waals surface area (Å²) in [7, 11) is 1.29. The molecule has 1 N–H and O–H groups in total. The Hall–Kier alpha value is -1.36. The van der Waals surface area contributed by atoms with Crippen LogP contribution in [0.4, 0.5) is 5.69 Å². The molecule has 0 aromatic heterocycles. The fourth-order valence-corrected chi connectivity index (χ4v) is 1.01. The number of anilines is 1. The van der Waals surface area contributed by atoms with E-state index in [1.807, 2.05) is 30.3 Å². The van der Waals surface area contributed by atoms with Gasteiger partial charge >= 0.3 is 5.97 Å². The van der Waals surface area contributed by atoms with Gasteiger partial charge in [-0.1, -0.05) is 18.2 Å². The van der Waals surface area contributed by atoms with Gasteiger partial charge in [0.25, 0.3) is 0 Å². The normalized spacial score (nSPS) is 10.9. The number of ether oxygens (including phenoxy) is 1. The van der Waals surface area contributed by atoms with Gasteiger partial charge in [-0.3, -0.25) is 5.43 Å². The molecule has 1 rings (SSSR count). The van der Waals surface area contributed by atoms with Crippen LogP contribution in [0.3, 0.4) is 0 Å². The Morgan fingerprint density at radius 3 is 2.64 bits per heavy atom. The van der Waals surface area contributed by atoms with E-state index in [0.717, 1.165) is 5.69 Å². The summed E-state index contributed by atoms with van der Waals surface area (Å²) in [5.41, 5.74) is 3.50. The molecular weight excluding hydrogens is 248 g/mol. The van der Waals surface area contributed by atoms with Gasteiger partial charge in [-0.25, -0.2) is 4.79 Å². The van der Waals surface area contributed by atoms with Crippen LogP contribution < -0.4 is 5.43 Å². The SMILES string of the molecule is COC(=O)/C(Br)=N/Nc1ccccc1. The molecule has 0 aliphatic carbocycles. The lowest BCUT2D eigenvalue weighted by atomic mass is 10.3. The van der Waals surface area contributed by atoms with E-state index in [0.29, 0.717) is 0 Å². The molecule has 0 amide bonds. The second kappa shape index (κ2) is 5.39. The molecule has 4 nitrogen and oxygen atoms in total. The van der Waals surface area contributed by atoms with Gasteiger partial charge in [0.2, 0.25) is 4.62 Å². The van der Waals surface area contributed by atoms with Crippen molar-refractivity contribution in [2.75, 3.05) is 12.5 Å². The molecule has 5 heteroatoms. The maximum absolute atomic E-state index is 10.9. The zero-order valence-corrected chi connectivity index (χ0v) is 9.11. The number of esters is 1. The van der Waals surface area contributed by atoms with Gasteiger partial charge in [-0.15, -0.1) is 0 Å². The number of benzene rings is 1. The van der Waals surface area contributed by atoms with Crippen LogP contribution in [0.15, 0.2) is 35.4 Å². The third-order valence-electron chi connectivity index (χ3n) is 1.41. The van der Waals surface area contributed by atoms with Crippen molar-refractivity contribution >= 4 is 32.2 Å². The van der Waals surface area contributed by atoms with Crippen LogP contribution >= 0.6 is 15.9 Å². The van der Waals surface area contributed by atoms with E-state index in [2.05, 4.69) is 31.2 Å². The van der Waals surface area contributed by atoms with E-state index < -0.39 is 5.97 Å². The summed E-state index contributed by atoms with van der Waals surface area (Å²) in [6.07, 6.45) is 0. The fourth-order valence-electron chi connectivity index (χ4n) is 0.756. The summed E-state index contributed by atoms with van der Waals surface area (Å²) >= 11 is 2.97. The average Bonchev–Trinajstić information content (AvgIpc) is 2.26. The molecule has 0 spiro atoms. The summed E-state index contributed by atoms with van der Waals surface area (Å²) in [6, 6.07) is 9.29. The Morgan fingerprint density at radius 2 is 2.07 bits per heavy atom. The van der Waals surface area contributed by atoms with Gasteiger partial charge in [0, 0.05) is 0 Å². The van der Waals surface area contributed by atoms with Gasteiger partial charge in [-0.2, -0.15) is 5.10 Å². The summed E-state index contributed by atoms with van der Waals surface area (Å²) < 4.78 is 4.54. The van der Waals surface area contributed by atoms with E-state index in [1.165, 1.54) is 7.11 Å². The number of hydrogen-bond acceptors (Lipinski definition) is 4. The molecule has 0 saturated carbocycles.